The van der Waals surface area contributed by atoms with E-state index in [0.717, 1.165) is 11.3 Å². The van der Waals surface area contributed by atoms with Crippen LogP contribution >= 0.6 is 11.6 Å². The first-order valence-electron chi connectivity index (χ1n) is 9.56. The Labute approximate surface area is 175 Å². The van der Waals surface area contributed by atoms with Gasteiger partial charge in [-0.15, -0.1) is 0 Å². The largest absolute Gasteiger partial charge is 0.377 e. The van der Waals surface area contributed by atoms with Crippen LogP contribution in [0.1, 0.15) is 28.8 Å². The Morgan fingerprint density at radius 1 is 1.00 bits per heavy atom. The van der Waals surface area contributed by atoms with Crippen LogP contribution in [-0.4, -0.2) is 39.2 Å². The molecule has 4 rings (SSSR count). The van der Waals surface area contributed by atoms with E-state index in [-0.39, 0.29) is 5.91 Å². The normalized spacial score (nSPS) is 15.4. The third-order valence-corrected chi connectivity index (χ3v) is 5.39. The molecule has 0 spiro atoms. The van der Waals surface area contributed by atoms with E-state index in [1.54, 1.807) is 17.0 Å². The van der Waals surface area contributed by atoms with Crippen LogP contribution in [0.3, 0.4) is 0 Å². The summed E-state index contributed by atoms with van der Waals surface area (Å²) in [5.41, 5.74) is 1.34. The third kappa shape index (κ3) is 4.54. The van der Waals surface area contributed by atoms with Gasteiger partial charge >= 0.3 is 0 Å². The van der Waals surface area contributed by atoms with Crippen molar-refractivity contribution in [2.45, 2.75) is 18.4 Å². The van der Waals surface area contributed by atoms with Crippen molar-refractivity contribution < 1.29 is 9.90 Å². The number of hydrogen-bond donors (Lipinski definition) is 1. The summed E-state index contributed by atoms with van der Waals surface area (Å²) in [5.74, 6) is 5.95. The predicted molar refractivity (Wildman–Crippen MR) is 114 cm³/mol. The summed E-state index contributed by atoms with van der Waals surface area (Å²) in [6.45, 7) is 0.942. The zero-order valence-corrected chi connectivity index (χ0v) is 16.6. The number of benzene rings is 2. The summed E-state index contributed by atoms with van der Waals surface area (Å²) in [7, 11) is 0. The lowest BCUT2D eigenvalue weighted by atomic mass is 9.91. The van der Waals surface area contributed by atoms with E-state index in [1.807, 2.05) is 65.5 Å². The topological polar surface area (TPSA) is 45.5 Å². The number of hydrogen-bond acceptors (Lipinski definition) is 2. The van der Waals surface area contributed by atoms with Gasteiger partial charge in [-0.25, -0.2) is 0 Å². The molecule has 1 aliphatic rings. The van der Waals surface area contributed by atoms with Gasteiger partial charge in [-0.3, -0.25) is 4.79 Å². The lowest BCUT2D eigenvalue weighted by Crippen LogP contribution is -2.46. The summed E-state index contributed by atoms with van der Waals surface area (Å²) in [5, 5.41) is 11.4. The van der Waals surface area contributed by atoms with E-state index in [9.17, 15) is 9.90 Å². The second kappa shape index (κ2) is 8.16. The van der Waals surface area contributed by atoms with E-state index >= 15 is 0 Å². The van der Waals surface area contributed by atoms with E-state index in [4.69, 9.17) is 11.6 Å². The average Bonchev–Trinajstić information content (AvgIpc) is 3.28. The molecule has 0 atom stereocenters. The molecule has 2 heterocycles. The summed E-state index contributed by atoms with van der Waals surface area (Å²) >= 11 is 5.98. The van der Waals surface area contributed by atoms with Crippen LogP contribution in [0.15, 0.2) is 73.1 Å². The minimum absolute atomic E-state index is 0.0195. The SMILES string of the molecule is O=C(c1ccc(-n2cccc2)cc1)N1CCC(O)(C#Cc2cccc(Cl)c2)CC1. The maximum atomic E-state index is 12.8. The van der Waals surface area contributed by atoms with Crippen LogP contribution < -0.4 is 0 Å². The lowest BCUT2D eigenvalue weighted by Gasteiger charge is -2.35. The Morgan fingerprint density at radius 2 is 1.69 bits per heavy atom. The molecular formula is C24H21ClN2O2. The molecule has 0 radical (unpaired) electrons. The number of rotatable bonds is 2. The molecular weight excluding hydrogens is 384 g/mol. The van der Waals surface area contributed by atoms with E-state index in [2.05, 4.69) is 11.8 Å². The highest BCUT2D eigenvalue weighted by Gasteiger charge is 2.32. The van der Waals surface area contributed by atoms with Gasteiger partial charge in [0, 0.05) is 60.2 Å². The number of likely N-dealkylation sites (tertiary alicyclic amines) is 1. The van der Waals surface area contributed by atoms with Crippen LogP contribution in [0.4, 0.5) is 0 Å². The minimum atomic E-state index is -1.09. The molecule has 1 aromatic heterocycles. The molecule has 29 heavy (non-hydrogen) atoms. The summed E-state index contributed by atoms with van der Waals surface area (Å²) in [6.07, 6.45) is 4.78. The summed E-state index contributed by atoms with van der Waals surface area (Å²) < 4.78 is 1.99. The predicted octanol–water partition coefficient (Wildman–Crippen LogP) is 4.15. The highest BCUT2D eigenvalue weighted by atomic mass is 35.5. The molecule has 0 unspecified atom stereocenters. The number of aliphatic hydroxyl groups is 1. The second-order valence-electron chi connectivity index (χ2n) is 7.22. The van der Waals surface area contributed by atoms with Crippen LogP contribution in [-0.2, 0) is 0 Å². The van der Waals surface area contributed by atoms with Crippen molar-refractivity contribution >= 4 is 17.5 Å². The van der Waals surface area contributed by atoms with Gasteiger partial charge in [0.05, 0.1) is 0 Å². The van der Waals surface area contributed by atoms with Crippen LogP contribution in [0, 0.1) is 11.8 Å². The molecule has 1 saturated heterocycles. The zero-order valence-electron chi connectivity index (χ0n) is 15.9. The number of nitrogens with zero attached hydrogens (tertiary/aromatic N) is 2. The number of carbonyl (C=O) groups is 1. The molecule has 0 saturated carbocycles. The van der Waals surface area contributed by atoms with Gasteiger partial charge in [0.25, 0.3) is 5.91 Å². The van der Waals surface area contributed by atoms with Crippen molar-refractivity contribution in [3.63, 3.8) is 0 Å². The highest BCUT2D eigenvalue weighted by Crippen LogP contribution is 2.23. The van der Waals surface area contributed by atoms with Gasteiger partial charge in [0.15, 0.2) is 0 Å². The Morgan fingerprint density at radius 3 is 2.34 bits per heavy atom. The van der Waals surface area contributed by atoms with Crippen molar-refractivity contribution in [2.75, 3.05) is 13.1 Å². The van der Waals surface area contributed by atoms with Crippen molar-refractivity contribution in [1.82, 2.24) is 9.47 Å². The van der Waals surface area contributed by atoms with Gasteiger partial charge in [-0.2, -0.15) is 0 Å². The molecule has 146 valence electrons. The van der Waals surface area contributed by atoms with Crippen molar-refractivity contribution in [3.05, 3.63) is 89.2 Å². The minimum Gasteiger partial charge on any atom is -0.377 e. The average molecular weight is 405 g/mol. The maximum absolute atomic E-state index is 12.8. The van der Waals surface area contributed by atoms with Crippen LogP contribution in [0.25, 0.3) is 5.69 Å². The first-order chi connectivity index (χ1) is 14.0. The second-order valence-corrected chi connectivity index (χ2v) is 7.66. The maximum Gasteiger partial charge on any atom is 0.253 e. The van der Waals surface area contributed by atoms with Gasteiger partial charge in [-0.1, -0.05) is 29.5 Å². The fourth-order valence-corrected chi connectivity index (χ4v) is 3.62. The lowest BCUT2D eigenvalue weighted by molar-refractivity contribution is 0.0249. The third-order valence-electron chi connectivity index (χ3n) is 5.16. The number of amides is 1. The summed E-state index contributed by atoms with van der Waals surface area (Å²) in [6, 6.07) is 18.7. The van der Waals surface area contributed by atoms with Crippen LogP contribution in [0.5, 0.6) is 0 Å². The molecule has 1 fully saturated rings. The first kappa shape index (κ1) is 19.3. The smallest absolute Gasteiger partial charge is 0.253 e. The number of halogens is 1. The van der Waals surface area contributed by atoms with Crippen molar-refractivity contribution in [1.29, 1.82) is 0 Å². The number of carbonyl (C=O) groups excluding carboxylic acids is 1. The first-order valence-corrected chi connectivity index (χ1v) is 9.94. The molecule has 2 aromatic carbocycles. The van der Waals surface area contributed by atoms with E-state index in [0.29, 0.717) is 36.5 Å². The van der Waals surface area contributed by atoms with E-state index < -0.39 is 5.60 Å². The molecule has 3 aromatic rings. The quantitative estimate of drug-likeness (QED) is 0.652. The molecule has 5 heteroatoms. The number of piperidine rings is 1. The van der Waals surface area contributed by atoms with Crippen molar-refractivity contribution in [2.24, 2.45) is 0 Å². The number of aromatic nitrogens is 1. The standard InChI is InChI=1S/C24H21ClN2O2/c25-21-5-3-4-19(18-21)10-11-24(29)12-16-27(17-13-24)23(28)20-6-8-22(9-7-20)26-14-1-2-15-26/h1-9,14-15,18,29H,12-13,16-17H2. The van der Waals surface area contributed by atoms with Gasteiger partial charge in [0.1, 0.15) is 5.60 Å². The van der Waals surface area contributed by atoms with Gasteiger partial charge < -0.3 is 14.6 Å². The van der Waals surface area contributed by atoms with Crippen LogP contribution in [0.2, 0.25) is 5.02 Å². The molecule has 0 aliphatic carbocycles. The Bertz CT molecular complexity index is 1050. The molecule has 1 aliphatic heterocycles. The Hall–Kier alpha value is -3.00. The molecule has 4 nitrogen and oxygen atoms in total. The summed E-state index contributed by atoms with van der Waals surface area (Å²) in [4.78, 5) is 14.6. The van der Waals surface area contributed by atoms with Gasteiger partial charge in [-0.05, 0) is 54.6 Å². The van der Waals surface area contributed by atoms with Crippen molar-refractivity contribution in [3.8, 4) is 17.5 Å². The van der Waals surface area contributed by atoms with E-state index in [1.165, 1.54) is 0 Å². The molecule has 0 bridgehead atoms. The monoisotopic (exact) mass is 404 g/mol. The molecule has 1 amide bonds. The Kier molecular flexibility index (Phi) is 5.44. The molecule has 1 N–H and O–H groups in total. The Balaban J connectivity index is 1.39. The van der Waals surface area contributed by atoms with Gasteiger partial charge in [0.2, 0.25) is 0 Å². The zero-order chi connectivity index (χ0) is 20.3. The highest BCUT2D eigenvalue weighted by molar-refractivity contribution is 6.30. The fourth-order valence-electron chi connectivity index (χ4n) is 3.42. The fraction of sp³-hybridized carbons (Fsp3) is 0.208.